The van der Waals surface area contributed by atoms with E-state index in [1.54, 1.807) is 0 Å². The van der Waals surface area contributed by atoms with E-state index in [9.17, 15) is 0 Å². The van der Waals surface area contributed by atoms with Gasteiger partial charge in [-0.1, -0.05) is 0 Å². The average molecular weight is 137 g/mol. The first-order valence-electron chi connectivity index (χ1n) is 3.45. The van der Waals surface area contributed by atoms with Crippen molar-refractivity contribution in [2.45, 2.75) is 6.42 Å². The van der Waals surface area contributed by atoms with Gasteiger partial charge in [0, 0.05) is 6.42 Å². The quantitative estimate of drug-likeness (QED) is 0.502. The van der Waals surface area contributed by atoms with Gasteiger partial charge in [-0.15, -0.1) is 0 Å². The average Bonchev–Trinajstić information content (AvgIpc) is 1.89. The minimum Gasteiger partial charge on any atom is -0.492 e. The predicted octanol–water partition coefficient (Wildman–Crippen LogP) is 1.41. The molecule has 0 aromatic rings. The SMILES string of the molecule is C1=CC2=CC[C]1OCCO2. The second-order valence-corrected chi connectivity index (χ2v) is 2.31. The molecule has 2 bridgehead atoms. The summed E-state index contributed by atoms with van der Waals surface area (Å²) in [6.45, 7) is 1.34. The number of fused-ring (bicyclic) bond motifs is 4. The lowest BCUT2D eigenvalue weighted by Gasteiger charge is -2.20. The third kappa shape index (κ3) is 1.07. The van der Waals surface area contributed by atoms with Crippen molar-refractivity contribution in [3.63, 3.8) is 0 Å². The van der Waals surface area contributed by atoms with E-state index in [2.05, 4.69) is 0 Å². The van der Waals surface area contributed by atoms with Crippen LogP contribution in [0.5, 0.6) is 0 Å². The van der Waals surface area contributed by atoms with Crippen LogP contribution in [0.15, 0.2) is 24.0 Å². The van der Waals surface area contributed by atoms with E-state index in [1.807, 2.05) is 18.2 Å². The lowest BCUT2D eigenvalue weighted by atomic mass is 10.1. The molecule has 10 heavy (non-hydrogen) atoms. The van der Waals surface area contributed by atoms with Gasteiger partial charge >= 0.3 is 0 Å². The Morgan fingerprint density at radius 1 is 1.10 bits per heavy atom. The highest BCUT2D eigenvalue weighted by Crippen LogP contribution is 2.21. The van der Waals surface area contributed by atoms with Crippen LogP contribution in [0.3, 0.4) is 0 Å². The van der Waals surface area contributed by atoms with Crippen molar-refractivity contribution >= 4 is 0 Å². The fraction of sp³-hybridized carbons (Fsp3) is 0.375. The van der Waals surface area contributed by atoms with E-state index in [0.29, 0.717) is 13.2 Å². The Kier molecular flexibility index (Phi) is 1.47. The first kappa shape index (κ1) is 5.98. The Morgan fingerprint density at radius 2 is 2.00 bits per heavy atom. The van der Waals surface area contributed by atoms with Crippen molar-refractivity contribution in [3.8, 4) is 0 Å². The van der Waals surface area contributed by atoms with Crippen molar-refractivity contribution in [3.05, 3.63) is 30.1 Å². The minimum atomic E-state index is 0.666. The van der Waals surface area contributed by atoms with Gasteiger partial charge in [0.05, 0.1) is 6.61 Å². The monoisotopic (exact) mass is 137 g/mol. The second kappa shape index (κ2) is 2.46. The summed E-state index contributed by atoms with van der Waals surface area (Å²) in [5, 5.41) is 0. The molecule has 0 unspecified atom stereocenters. The van der Waals surface area contributed by atoms with Crippen LogP contribution in [-0.2, 0) is 9.47 Å². The molecular weight excluding hydrogens is 128 g/mol. The van der Waals surface area contributed by atoms with E-state index in [0.717, 1.165) is 18.3 Å². The van der Waals surface area contributed by atoms with Crippen molar-refractivity contribution < 1.29 is 9.47 Å². The van der Waals surface area contributed by atoms with Gasteiger partial charge in [-0.3, -0.25) is 0 Å². The molecule has 2 nitrogen and oxygen atoms in total. The van der Waals surface area contributed by atoms with Gasteiger partial charge in [-0.25, -0.2) is 0 Å². The number of hydrogen-bond donors (Lipinski definition) is 0. The van der Waals surface area contributed by atoms with E-state index < -0.39 is 0 Å². The molecule has 0 N–H and O–H groups in total. The molecular formula is C8H9O2. The van der Waals surface area contributed by atoms with Crippen LogP contribution in [0, 0.1) is 6.10 Å². The topological polar surface area (TPSA) is 18.5 Å². The molecule has 2 heteroatoms. The third-order valence-electron chi connectivity index (χ3n) is 1.58. The van der Waals surface area contributed by atoms with Crippen LogP contribution in [0.4, 0.5) is 0 Å². The molecule has 2 heterocycles. The fourth-order valence-corrected chi connectivity index (χ4v) is 1.06. The van der Waals surface area contributed by atoms with Crippen LogP contribution in [-0.4, -0.2) is 13.2 Å². The van der Waals surface area contributed by atoms with Gasteiger partial charge in [-0.05, 0) is 18.2 Å². The Hall–Kier alpha value is -0.760. The Bertz CT molecular complexity index is 182. The maximum Gasteiger partial charge on any atom is 0.123 e. The van der Waals surface area contributed by atoms with Crippen molar-refractivity contribution in [2.75, 3.05) is 13.2 Å². The summed E-state index contributed by atoms with van der Waals surface area (Å²) in [5.41, 5.74) is 0. The highest BCUT2D eigenvalue weighted by molar-refractivity contribution is 5.25. The van der Waals surface area contributed by atoms with Gasteiger partial charge < -0.3 is 9.47 Å². The normalized spacial score (nSPS) is 25.0. The number of ether oxygens (including phenoxy) is 2. The van der Waals surface area contributed by atoms with Gasteiger partial charge in [-0.2, -0.15) is 0 Å². The van der Waals surface area contributed by atoms with Gasteiger partial charge in [0.15, 0.2) is 0 Å². The molecule has 0 fully saturated rings. The van der Waals surface area contributed by atoms with Crippen molar-refractivity contribution in [1.29, 1.82) is 0 Å². The zero-order valence-corrected chi connectivity index (χ0v) is 5.67. The molecule has 0 amide bonds. The lowest BCUT2D eigenvalue weighted by molar-refractivity contribution is 0.0813. The third-order valence-corrected chi connectivity index (χ3v) is 1.58. The summed E-state index contributed by atoms with van der Waals surface area (Å²) >= 11 is 0. The summed E-state index contributed by atoms with van der Waals surface area (Å²) in [6.07, 6.45) is 7.87. The second-order valence-electron chi connectivity index (χ2n) is 2.31. The number of allylic oxidation sites excluding steroid dienone is 1. The fourth-order valence-electron chi connectivity index (χ4n) is 1.06. The molecule has 53 valence electrons. The summed E-state index contributed by atoms with van der Waals surface area (Å²) in [4.78, 5) is 0. The lowest BCUT2D eigenvalue weighted by Crippen LogP contribution is -2.13. The van der Waals surface area contributed by atoms with Crippen LogP contribution < -0.4 is 0 Å². The summed E-state index contributed by atoms with van der Waals surface area (Å²) in [5.74, 6) is 0.979. The first-order valence-corrected chi connectivity index (χ1v) is 3.45. The van der Waals surface area contributed by atoms with E-state index in [-0.39, 0.29) is 0 Å². The van der Waals surface area contributed by atoms with Crippen molar-refractivity contribution in [2.24, 2.45) is 0 Å². The predicted molar refractivity (Wildman–Crippen MR) is 37.0 cm³/mol. The van der Waals surface area contributed by atoms with Crippen LogP contribution in [0.1, 0.15) is 6.42 Å². The Balaban J connectivity index is 2.17. The molecule has 0 aromatic heterocycles. The van der Waals surface area contributed by atoms with Gasteiger partial charge in [0.25, 0.3) is 0 Å². The zero-order chi connectivity index (χ0) is 6.81. The van der Waals surface area contributed by atoms with E-state index in [1.165, 1.54) is 0 Å². The highest BCUT2D eigenvalue weighted by Gasteiger charge is 2.13. The summed E-state index contributed by atoms with van der Waals surface area (Å²) < 4.78 is 10.6. The molecule has 0 spiro atoms. The molecule has 1 radical (unpaired) electrons. The van der Waals surface area contributed by atoms with Crippen LogP contribution >= 0.6 is 0 Å². The molecule has 2 aliphatic heterocycles. The smallest absolute Gasteiger partial charge is 0.123 e. The van der Waals surface area contributed by atoms with E-state index in [4.69, 9.17) is 9.47 Å². The standard InChI is InChI=1S/C8H9O2/c1-2-8-4-3-7(1)9-5-6-10-8/h1-3H,4-6H2. The van der Waals surface area contributed by atoms with Gasteiger partial charge in [0.1, 0.15) is 18.5 Å². The molecule has 0 atom stereocenters. The molecule has 1 aliphatic carbocycles. The molecule has 0 saturated carbocycles. The molecule has 3 aliphatic rings. The number of rotatable bonds is 0. The van der Waals surface area contributed by atoms with Gasteiger partial charge in [0.2, 0.25) is 0 Å². The Morgan fingerprint density at radius 3 is 2.80 bits per heavy atom. The molecule has 0 saturated heterocycles. The van der Waals surface area contributed by atoms with E-state index >= 15 is 0 Å². The summed E-state index contributed by atoms with van der Waals surface area (Å²) in [6, 6.07) is 0. The Labute approximate surface area is 60.1 Å². The highest BCUT2D eigenvalue weighted by atomic mass is 16.5. The largest absolute Gasteiger partial charge is 0.492 e. The number of hydrogen-bond acceptors (Lipinski definition) is 2. The zero-order valence-electron chi connectivity index (χ0n) is 5.67. The first-order chi connectivity index (χ1) is 4.95. The summed E-state index contributed by atoms with van der Waals surface area (Å²) in [7, 11) is 0. The minimum absolute atomic E-state index is 0.666. The van der Waals surface area contributed by atoms with Crippen molar-refractivity contribution in [1.82, 2.24) is 0 Å². The maximum atomic E-state index is 5.33. The maximum absolute atomic E-state index is 5.33. The van der Waals surface area contributed by atoms with Crippen LogP contribution in [0.25, 0.3) is 0 Å². The van der Waals surface area contributed by atoms with Crippen LogP contribution in [0.2, 0.25) is 0 Å². The molecule has 0 aromatic carbocycles. The molecule has 3 rings (SSSR count).